The minimum absolute atomic E-state index is 0.0796. The van der Waals surface area contributed by atoms with Gasteiger partial charge in [-0.25, -0.2) is 9.18 Å². The zero-order chi connectivity index (χ0) is 22.8. The van der Waals surface area contributed by atoms with Crippen molar-refractivity contribution in [3.63, 3.8) is 0 Å². The second kappa shape index (κ2) is 8.53. The Morgan fingerprint density at radius 2 is 2.06 bits per heavy atom. The summed E-state index contributed by atoms with van der Waals surface area (Å²) in [5.41, 5.74) is -0.778. The molecule has 9 heteroatoms. The van der Waals surface area contributed by atoms with E-state index in [9.17, 15) is 18.8 Å². The Bertz CT molecular complexity index is 942. The van der Waals surface area contributed by atoms with Gasteiger partial charge in [0.05, 0.1) is 5.69 Å². The van der Waals surface area contributed by atoms with E-state index in [0.717, 1.165) is 11.3 Å². The van der Waals surface area contributed by atoms with Crippen molar-refractivity contribution in [2.45, 2.75) is 45.6 Å². The highest BCUT2D eigenvalue weighted by Crippen LogP contribution is 2.46. The van der Waals surface area contributed by atoms with Crippen LogP contribution in [0.1, 0.15) is 45.6 Å². The Morgan fingerprint density at radius 1 is 1.32 bits per heavy atom. The zero-order valence-corrected chi connectivity index (χ0v) is 18.0. The summed E-state index contributed by atoms with van der Waals surface area (Å²) < 4.78 is 13.6. The lowest BCUT2D eigenvalue weighted by molar-refractivity contribution is -0.137. The van der Waals surface area contributed by atoms with E-state index < -0.39 is 23.3 Å². The summed E-state index contributed by atoms with van der Waals surface area (Å²) >= 11 is 0. The smallest absolute Gasteiger partial charge is 0.325 e. The molecule has 31 heavy (non-hydrogen) atoms. The molecule has 0 radical (unpaired) electrons. The molecule has 1 aliphatic heterocycles. The summed E-state index contributed by atoms with van der Waals surface area (Å²) in [5.74, 6) is -1.15. The number of hydrogen-bond acceptors (Lipinski definition) is 5. The normalized spacial score (nSPS) is 24.6. The van der Waals surface area contributed by atoms with Crippen LogP contribution in [-0.2, 0) is 9.59 Å². The Labute approximate surface area is 181 Å². The molecule has 1 saturated carbocycles. The molecule has 8 nitrogen and oxygen atoms in total. The molecule has 3 N–H and O–H groups in total. The lowest BCUT2D eigenvalue weighted by atomic mass is 9.64. The third-order valence-electron chi connectivity index (χ3n) is 5.81. The first kappa shape index (κ1) is 22.5. The van der Waals surface area contributed by atoms with E-state index in [2.05, 4.69) is 36.7 Å². The number of carbonyl (C=O) groups excluding carboxylic acids is 3. The van der Waals surface area contributed by atoms with E-state index in [4.69, 9.17) is 5.26 Å². The van der Waals surface area contributed by atoms with Gasteiger partial charge in [0, 0.05) is 13.1 Å². The standard InChI is InChI=1S/C22H28FN5O3/c1-14-9-21(2,3)13-22(10-14)19(30)28(20(31)27-22)12-18(29)26-8-7-25-17-6-4-5-16(23)15(17)11-24/h4-6,14,25H,7-10,12-13H2,1-3H3,(H,26,29)(H,27,31). The third kappa shape index (κ3) is 4.79. The van der Waals surface area contributed by atoms with E-state index in [0.29, 0.717) is 18.5 Å². The van der Waals surface area contributed by atoms with Gasteiger partial charge in [0.1, 0.15) is 29.5 Å². The third-order valence-corrected chi connectivity index (χ3v) is 5.81. The van der Waals surface area contributed by atoms with Crippen molar-refractivity contribution >= 4 is 23.5 Å². The number of amides is 4. The van der Waals surface area contributed by atoms with Gasteiger partial charge in [0.2, 0.25) is 5.91 Å². The second-order valence-corrected chi connectivity index (χ2v) is 9.31. The van der Waals surface area contributed by atoms with E-state index in [-0.39, 0.29) is 42.4 Å². The van der Waals surface area contributed by atoms with Gasteiger partial charge in [-0.05, 0) is 42.7 Å². The van der Waals surface area contributed by atoms with Gasteiger partial charge in [-0.15, -0.1) is 0 Å². The molecule has 2 unspecified atom stereocenters. The molecule has 2 atom stereocenters. The number of rotatable bonds is 6. The van der Waals surface area contributed by atoms with Crippen LogP contribution in [0, 0.1) is 28.5 Å². The predicted molar refractivity (Wildman–Crippen MR) is 112 cm³/mol. The Morgan fingerprint density at radius 3 is 2.74 bits per heavy atom. The van der Waals surface area contributed by atoms with Gasteiger partial charge >= 0.3 is 6.03 Å². The lowest BCUT2D eigenvalue weighted by Gasteiger charge is -2.43. The molecule has 4 amide bonds. The molecule has 1 aromatic rings. The highest BCUT2D eigenvalue weighted by atomic mass is 19.1. The first-order chi connectivity index (χ1) is 14.6. The fourth-order valence-electron chi connectivity index (χ4n) is 5.03. The largest absolute Gasteiger partial charge is 0.382 e. The van der Waals surface area contributed by atoms with Crippen molar-refractivity contribution < 1.29 is 18.8 Å². The molecule has 0 aromatic heterocycles. The fourth-order valence-corrected chi connectivity index (χ4v) is 5.03. The first-order valence-corrected chi connectivity index (χ1v) is 10.4. The average Bonchev–Trinajstić information content (AvgIpc) is 2.87. The van der Waals surface area contributed by atoms with Gasteiger partial charge in [0.15, 0.2) is 0 Å². The van der Waals surface area contributed by atoms with Gasteiger partial charge in [-0.3, -0.25) is 14.5 Å². The molecule has 1 aliphatic carbocycles. The van der Waals surface area contributed by atoms with Crippen LogP contribution in [0.3, 0.4) is 0 Å². The van der Waals surface area contributed by atoms with Gasteiger partial charge in [-0.1, -0.05) is 26.8 Å². The summed E-state index contributed by atoms with van der Waals surface area (Å²) in [4.78, 5) is 38.8. The first-order valence-electron chi connectivity index (χ1n) is 10.4. The number of nitriles is 1. The highest BCUT2D eigenvalue weighted by molar-refractivity contribution is 6.09. The van der Waals surface area contributed by atoms with Crippen LogP contribution in [0.5, 0.6) is 0 Å². The molecule has 0 bridgehead atoms. The average molecular weight is 429 g/mol. The number of halogens is 1. The number of benzene rings is 1. The van der Waals surface area contributed by atoms with E-state index in [1.807, 2.05) is 0 Å². The van der Waals surface area contributed by atoms with E-state index >= 15 is 0 Å². The summed E-state index contributed by atoms with van der Waals surface area (Å²) in [6.07, 6.45) is 2.09. The molecule has 1 heterocycles. The minimum Gasteiger partial charge on any atom is -0.382 e. The minimum atomic E-state index is -0.939. The van der Waals surface area contributed by atoms with Crippen molar-refractivity contribution in [1.29, 1.82) is 5.26 Å². The number of nitrogens with one attached hydrogen (secondary N) is 3. The zero-order valence-electron chi connectivity index (χ0n) is 18.0. The molecular weight excluding hydrogens is 401 g/mol. The number of imide groups is 1. The number of urea groups is 1. The summed E-state index contributed by atoms with van der Waals surface area (Å²) in [6, 6.07) is 5.51. The molecule has 1 spiro atoms. The topological polar surface area (TPSA) is 114 Å². The molecule has 166 valence electrons. The van der Waals surface area contributed by atoms with Crippen molar-refractivity contribution in [2.75, 3.05) is 25.0 Å². The Hall–Kier alpha value is -3.15. The van der Waals surface area contributed by atoms with Crippen molar-refractivity contribution in [3.8, 4) is 6.07 Å². The van der Waals surface area contributed by atoms with Gasteiger partial charge in [0.25, 0.3) is 5.91 Å². The van der Waals surface area contributed by atoms with E-state index in [1.165, 1.54) is 12.1 Å². The lowest BCUT2D eigenvalue weighted by Crippen LogP contribution is -2.54. The molecular formula is C22H28FN5O3. The number of hydrogen-bond donors (Lipinski definition) is 3. The SMILES string of the molecule is CC1CC(C)(C)CC2(C1)NC(=O)N(CC(=O)NCCNc1cccc(F)c1C#N)C2=O. The van der Waals surface area contributed by atoms with Crippen LogP contribution in [0.25, 0.3) is 0 Å². The number of nitrogens with zero attached hydrogens (tertiary/aromatic N) is 2. The fraction of sp³-hybridized carbons (Fsp3) is 0.545. The van der Waals surface area contributed by atoms with Gasteiger partial charge in [-0.2, -0.15) is 5.26 Å². The molecule has 1 saturated heterocycles. The molecule has 2 fully saturated rings. The highest BCUT2D eigenvalue weighted by Gasteiger charge is 2.56. The quantitative estimate of drug-likeness (QED) is 0.474. The van der Waals surface area contributed by atoms with Crippen LogP contribution in [0.2, 0.25) is 0 Å². The van der Waals surface area contributed by atoms with Crippen LogP contribution >= 0.6 is 0 Å². The van der Waals surface area contributed by atoms with Crippen LogP contribution < -0.4 is 16.0 Å². The number of carbonyl (C=O) groups is 3. The Kier molecular flexibility index (Phi) is 6.20. The monoisotopic (exact) mass is 429 g/mol. The maximum Gasteiger partial charge on any atom is 0.325 e. The van der Waals surface area contributed by atoms with Crippen molar-refractivity contribution in [3.05, 3.63) is 29.6 Å². The molecule has 1 aromatic carbocycles. The second-order valence-electron chi connectivity index (χ2n) is 9.31. The van der Waals surface area contributed by atoms with Crippen LogP contribution in [0.4, 0.5) is 14.9 Å². The van der Waals surface area contributed by atoms with Gasteiger partial charge < -0.3 is 16.0 Å². The maximum absolute atomic E-state index is 13.6. The maximum atomic E-state index is 13.6. The summed E-state index contributed by atoms with van der Waals surface area (Å²) in [6.45, 7) is 6.31. The Balaban J connectivity index is 1.53. The predicted octanol–water partition coefficient (Wildman–Crippen LogP) is 2.36. The van der Waals surface area contributed by atoms with Crippen molar-refractivity contribution in [2.24, 2.45) is 11.3 Å². The summed E-state index contributed by atoms with van der Waals surface area (Å²) in [7, 11) is 0. The number of anilines is 1. The van der Waals surface area contributed by atoms with E-state index in [1.54, 1.807) is 12.1 Å². The molecule has 2 aliphatic rings. The van der Waals surface area contributed by atoms with Crippen molar-refractivity contribution in [1.82, 2.24) is 15.5 Å². The van der Waals surface area contributed by atoms with Crippen LogP contribution in [-0.4, -0.2) is 47.9 Å². The van der Waals surface area contributed by atoms with Crippen LogP contribution in [0.15, 0.2) is 18.2 Å². The molecule has 3 rings (SSSR count). The summed E-state index contributed by atoms with van der Waals surface area (Å²) in [5, 5.41) is 17.4.